The summed E-state index contributed by atoms with van der Waals surface area (Å²) in [4.78, 5) is 22.9. The Kier molecular flexibility index (Phi) is 5.93. The Bertz CT molecular complexity index is 229. The third kappa shape index (κ3) is 4.29. The van der Waals surface area contributed by atoms with Crippen molar-refractivity contribution in [1.29, 1.82) is 0 Å². The molecule has 5 nitrogen and oxygen atoms in total. The number of nitrogens with one attached hydrogen (secondary N) is 2. The maximum Gasteiger partial charge on any atom is 0.245 e. The van der Waals surface area contributed by atoms with Crippen LogP contribution in [0.1, 0.15) is 20.8 Å². The molecule has 2 amide bonds. The number of likely N-dealkylation sites (N-methyl/N-ethyl adjacent to an activating group) is 1. The van der Waals surface area contributed by atoms with Gasteiger partial charge in [0, 0.05) is 20.1 Å². The lowest BCUT2D eigenvalue weighted by Crippen LogP contribution is -2.53. The molecule has 0 saturated heterocycles. The van der Waals surface area contributed by atoms with Crippen LogP contribution in [0.25, 0.3) is 0 Å². The van der Waals surface area contributed by atoms with E-state index in [-0.39, 0.29) is 23.8 Å². The maximum atomic E-state index is 11.5. The van der Waals surface area contributed by atoms with Gasteiger partial charge in [0.05, 0.1) is 6.10 Å². The van der Waals surface area contributed by atoms with E-state index in [1.165, 1.54) is 14.2 Å². The normalized spacial score (nSPS) is 14.5. The number of hydrogen-bond acceptors (Lipinski definition) is 3. The van der Waals surface area contributed by atoms with E-state index in [1.807, 2.05) is 0 Å². The molecule has 0 aromatic heterocycles. The Balaban J connectivity index is 4.51. The molecule has 0 aliphatic carbocycles. The summed E-state index contributed by atoms with van der Waals surface area (Å²) in [6.07, 6.45) is -0.354. The van der Waals surface area contributed by atoms with Gasteiger partial charge in [-0.2, -0.15) is 0 Å². The van der Waals surface area contributed by atoms with Crippen LogP contribution in [0.5, 0.6) is 0 Å². The summed E-state index contributed by atoms with van der Waals surface area (Å²) in [5.41, 5.74) is 0. The smallest absolute Gasteiger partial charge is 0.245 e. The molecule has 0 aliphatic heterocycles. The molecule has 2 atom stereocenters. The van der Waals surface area contributed by atoms with Crippen molar-refractivity contribution >= 4 is 11.8 Å². The van der Waals surface area contributed by atoms with Crippen molar-refractivity contribution in [2.75, 3.05) is 14.2 Å². The lowest BCUT2D eigenvalue weighted by atomic mass is 10.1. The molecule has 0 aliphatic rings. The SMILES string of the molecule is CNC(=O)C(NC(=O)C(C)C)C(C)OC. The summed E-state index contributed by atoms with van der Waals surface area (Å²) in [5, 5.41) is 5.13. The zero-order chi connectivity index (χ0) is 12.0. The maximum absolute atomic E-state index is 11.5. The van der Waals surface area contributed by atoms with E-state index in [9.17, 15) is 9.59 Å². The molecule has 0 saturated carbocycles. The Morgan fingerprint density at radius 1 is 1.13 bits per heavy atom. The Morgan fingerprint density at radius 2 is 1.67 bits per heavy atom. The highest BCUT2D eigenvalue weighted by molar-refractivity contribution is 5.88. The van der Waals surface area contributed by atoms with Crippen LogP contribution in [0.3, 0.4) is 0 Å². The molecule has 0 fully saturated rings. The van der Waals surface area contributed by atoms with Crippen LogP contribution in [0.2, 0.25) is 0 Å². The summed E-state index contributed by atoms with van der Waals surface area (Å²) < 4.78 is 5.04. The molecule has 0 aromatic carbocycles. The average Bonchev–Trinajstić information content (AvgIpc) is 2.23. The van der Waals surface area contributed by atoms with Gasteiger partial charge < -0.3 is 15.4 Å². The van der Waals surface area contributed by atoms with Crippen LogP contribution < -0.4 is 10.6 Å². The molecular weight excluding hydrogens is 196 g/mol. The zero-order valence-corrected chi connectivity index (χ0v) is 9.96. The second kappa shape index (κ2) is 6.40. The largest absolute Gasteiger partial charge is 0.379 e. The summed E-state index contributed by atoms with van der Waals surface area (Å²) in [7, 11) is 3.03. The van der Waals surface area contributed by atoms with Gasteiger partial charge in [-0.25, -0.2) is 0 Å². The molecule has 0 radical (unpaired) electrons. The minimum absolute atomic E-state index is 0.152. The van der Waals surface area contributed by atoms with Crippen molar-refractivity contribution in [1.82, 2.24) is 10.6 Å². The highest BCUT2D eigenvalue weighted by Gasteiger charge is 2.26. The number of carbonyl (C=O) groups excluding carboxylic acids is 2. The first-order chi connectivity index (χ1) is 6.93. The summed E-state index contributed by atoms with van der Waals surface area (Å²) in [6.45, 7) is 5.28. The van der Waals surface area contributed by atoms with E-state index in [1.54, 1.807) is 20.8 Å². The molecule has 0 heterocycles. The van der Waals surface area contributed by atoms with E-state index in [2.05, 4.69) is 10.6 Å². The van der Waals surface area contributed by atoms with Crippen molar-refractivity contribution in [3.05, 3.63) is 0 Å². The molecular formula is C10H20N2O3. The molecule has 15 heavy (non-hydrogen) atoms. The van der Waals surface area contributed by atoms with Gasteiger partial charge in [-0.1, -0.05) is 13.8 Å². The zero-order valence-electron chi connectivity index (χ0n) is 9.96. The van der Waals surface area contributed by atoms with Gasteiger partial charge in [0.2, 0.25) is 11.8 Å². The molecule has 0 rings (SSSR count). The van der Waals surface area contributed by atoms with Crippen molar-refractivity contribution in [2.24, 2.45) is 5.92 Å². The highest BCUT2D eigenvalue weighted by Crippen LogP contribution is 2.00. The first kappa shape index (κ1) is 13.9. The first-order valence-electron chi connectivity index (χ1n) is 4.98. The lowest BCUT2D eigenvalue weighted by molar-refractivity contribution is -0.133. The topological polar surface area (TPSA) is 67.4 Å². The van der Waals surface area contributed by atoms with E-state index >= 15 is 0 Å². The predicted molar refractivity (Wildman–Crippen MR) is 57.3 cm³/mol. The Labute approximate surface area is 90.6 Å². The fraction of sp³-hybridized carbons (Fsp3) is 0.800. The number of methoxy groups -OCH3 is 1. The molecule has 88 valence electrons. The third-order valence-corrected chi connectivity index (χ3v) is 2.19. The van der Waals surface area contributed by atoms with Crippen molar-refractivity contribution < 1.29 is 14.3 Å². The van der Waals surface area contributed by atoms with Crippen LogP contribution in [0.4, 0.5) is 0 Å². The predicted octanol–water partition coefficient (Wildman–Crippen LogP) is -0.0919. The van der Waals surface area contributed by atoms with E-state index in [0.29, 0.717) is 0 Å². The Hall–Kier alpha value is -1.10. The quantitative estimate of drug-likeness (QED) is 0.675. The summed E-state index contributed by atoms with van der Waals surface area (Å²) in [6, 6.07) is -0.644. The third-order valence-electron chi connectivity index (χ3n) is 2.19. The number of ether oxygens (including phenoxy) is 1. The van der Waals surface area contributed by atoms with E-state index in [0.717, 1.165) is 0 Å². The first-order valence-corrected chi connectivity index (χ1v) is 4.98. The minimum Gasteiger partial charge on any atom is -0.379 e. The van der Waals surface area contributed by atoms with Gasteiger partial charge in [-0.05, 0) is 6.92 Å². The molecule has 5 heteroatoms. The van der Waals surface area contributed by atoms with Crippen molar-refractivity contribution in [2.45, 2.75) is 32.9 Å². The van der Waals surface area contributed by atoms with Crippen LogP contribution in [0, 0.1) is 5.92 Å². The lowest BCUT2D eigenvalue weighted by Gasteiger charge is -2.23. The van der Waals surface area contributed by atoms with Gasteiger partial charge in [-0.3, -0.25) is 9.59 Å². The van der Waals surface area contributed by atoms with Crippen LogP contribution in [-0.2, 0) is 14.3 Å². The van der Waals surface area contributed by atoms with Crippen LogP contribution >= 0.6 is 0 Å². The highest BCUT2D eigenvalue weighted by atomic mass is 16.5. The van der Waals surface area contributed by atoms with Crippen molar-refractivity contribution in [3.63, 3.8) is 0 Å². The van der Waals surface area contributed by atoms with E-state index < -0.39 is 6.04 Å². The molecule has 2 N–H and O–H groups in total. The standard InChI is InChI=1S/C10H20N2O3/c1-6(2)9(13)12-8(7(3)15-5)10(14)11-4/h6-8H,1-5H3,(H,11,14)(H,12,13). The second-order valence-electron chi connectivity index (χ2n) is 3.70. The van der Waals surface area contributed by atoms with Crippen molar-refractivity contribution in [3.8, 4) is 0 Å². The van der Waals surface area contributed by atoms with Gasteiger partial charge in [0.25, 0.3) is 0 Å². The molecule has 0 spiro atoms. The summed E-state index contributed by atoms with van der Waals surface area (Å²) >= 11 is 0. The number of carbonyl (C=O) groups is 2. The molecule has 0 aromatic rings. The second-order valence-corrected chi connectivity index (χ2v) is 3.70. The van der Waals surface area contributed by atoms with Crippen LogP contribution in [0.15, 0.2) is 0 Å². The minimum atomic E-state index is -0.644. The van der Waals surface area contributed by atoms with Crippen LogP contribution in [-0.4, -0.2) is 38.1 Å². The van der Waals surface area contributed by atoms with E-state index in [4.69, 9.17) is 4.74 Å². The van der Waals surface area contributed by atoms with Gasteiger partial charge in [-0.15, -0.1) is 0 Å². The monoisotopic (exact) mass is 216 g/mol. The number of rotatable bonds is 5. The Morgan fingerprint density at radius 3 is 2.00 bits per heavy atom. The average molecular weight is 216 g/mol. The number of amides is 2. The fourth-order valence-corrected chi connectivity index (χ4v) is 1.01. The fourth-order valence-electron chi connectivity index (χ4n) is 1.01. The van der Waals surface area contributed by atoms with Gasteiger partial charge in [0.1, 0.15) is 6.04 Å². The molecule has 2 unspecified atom stereocenters. The molecule has 0 bridgehead atoms. The number of hydrogen-bond donors (Lipinski definition) is 2. The van der Waals surface area contributed by atoms with Gasteiger partial charge >= 0.3 is 0 Å². The summed E-state index contributed by atoms with van der Waals surface area (Å²) in [5.74, 6) is -0.563. The van der Waals surface area contributed by atoms with Gasteiger partial charge in [0.15, 0.2) is 0 Å².